The topological polar surface area (TPSA) is 55.8 Å². The maximum Gasteiger partial charge on any atom is 0.312 e. The van der Waals surface area contributed by atoms with Crippen LogP contribution in [0.5, 0.6) is 0 Å². The van der Waals surface area contributed by atoms with E-state index in [-0.39, 0.29) is 24.0 Å². The molecule has 6 heteroatoms. The van der Waals surface area contributed by atoms with E-state index in [1.165, 1.54) is 7.11 Å². The maximum absolute atomic E-state index is 13.1. The zero-order valence-electron chi connectivity index (χ0n) is 13.4. The number of likely N-dealkylation sites (tertiary alicyclic amines) is 1. The van der Waals surface area contributed by atoms with Gasteiger partial charge in [0.05, 0.1) is 31.7 Å². The summed E-state index contributed by atoms with van der Waals surface area (Å²) >= 11 is 3.43. The normalized spacial score (nSPS) is 34.5. The number of carbonyl (C=O) groups excluding carboxylic acids is 2. The average molecular weight is 392 g/mol. The molecule has 1 spiro atoms. The summed E-state index contributed by atoms with van der Waals surface area (Å²) in [5.74, 6) is -1.44. The molecular formula is C18H18BrNO4. The van der Waals surface area contributed by atoms with Gasteiger partial charge in [-0.1, -0.05) is 40.2 Å². The summed E-state index contributed by atoms with van der Waals surface area (Å²) in [7, 11) is 1.35. The van der Waals surface area contributed by atoms with Crippen molar-refractivity contribution in [2.24, 2.45) is 11.8 Å². The van der Waals surface area contributed by atoms with Crippen molar-refractivity contribution in [2.45, 2.75) is 24.7 Å². The first-order valence-corrected chi connectivity index (χ1v) is 8.77. The Hall–Kier alpha value is -1.66. The number of hydrogen-bond donors (Lipinski definition) is 0. The highest BCUT2D eigenvalue weighted by atomic mass is 79.9. The zero-order valence-corrected chi connectivity index (χ0v) is 15.0. The van der Waals surface area contributed by atoms with Crippen molar-refractivity contribution in [3.63, 3.8) is 0 Å². The third-order valence-corrected chi connectivity index (χ3v) is 5.95. The number of rotatable bonds is 3. The van der Waals surface area contributed by atoms with E-state index in [1.807, 2.05) is 48.2 Å². The number of benzene rings is 1. The Morgan fingerprint density at radius 3 is 2.79 bits per heavy atom. The molecule has 0 aromatic heterocycles. The van der Waals surface area contributed by atoms with Crippen molar-refractivity contribution in [2.75, 3.05) is 13.7 Å². The second kappa shape index (κ2) is 5.43. The molecule has 3 aliphatic heterocycles. The molecule has 3 heterocycles. The van der Waals surface area contributed by atoms with Crippen LogP contribution < -0.4 is 0 Å². The number of ether oxygens (including phenoxy) is 2. The van der Waals surface area contributed by atoms with Gasteiger partial charge in [-0.2, -0.15) is 0 Å². The number of fused-ring (bicyclic) bond motifs is 1. The van der Waals surface area contributed by atoms with Crippen molar-refractivity contribution < 1.29 is 19.1 Å². The maximum atomic E-state index is 13.1. The lowest BCUT2D eigenvalue weighted by atomic mass is 9.77. The lowest BCUT2D eigenvalue weighted by molar-refractivity contribution is -0.151. The van der Waals surface area contributed by atoms with Crippen LogP contribution in [0.2, 0.25) is 0 Å². The summed E-state index contributed by atoms with van der Waals surface area (Å²) in [5, 5.41) is 0. The highest BCUT2D eigenvalue weighted by molar-refractivity contribution is 9.10. The molecule has 1 aromatic rings. The van der Waals surface area contributed by atoms with E-state index >= 15 is 0 Å². The minimum Gasteiger partial charge on any atom is -0.469 e. The molecule has 126 valence electrons. The largest absolute Gasteiger partial charge is 0.469 e. The second-order valence-electron chi connectivity index (χ2n) is 6.62. The molecular weight excluding hydrogens is 374 g/mol. The molecule has 2 saturated heterocycles. The van der Waals surface area contributed by atoms with E-state index in [0.717, 1.165) is 10.0 Å². The number of hydrogen-bond acceptors (Lipinski definition) is 4. The molecule has 1 aromatic carbocycles. The number of amides is 1. The standard InChI is InChI=1S/C18H18BrNO4/c1-10(11-3-5-12(19)6-4-11)20-9-18-8-7-13(24-18)14(17(22)23-2)15(18)16(20)21/h3-8,10,13-15H,9H2,1-2H3/t10-,13-,14-,15-,18+/m1/s1. The van der Waals surface area contributed by atoms with Crippen molar-refractivity contribution >= 4 is 27.8 Å². The van der Waals surface area contributed by atoms with Crippen molar-refractivity contribution in [1.29, 1.82) is 0 Å². The molecule has 4 rings (SSSR count). The minimum atomic E-state index is -0.690. The molecule has 1 amide bonds. The smallest absolute Gasteiger partial charge is 0.312 e. The first-order valence-electron chi connectivity index (χ1n) is 7.98. The van der Waals surface area contributed by atoms with E-state index in [4.69, 9.17) is 9.47 Å². The van der Waals surface area contributed by atoms with Gasteiger partial charge in [0.25, 0.3) is 0 Å². The molecule has 0 unspecified atom stereocenters. The molecule has 0 saturated carbocycles. The summed E-state index contributed by atoms with van der Waals surface area (Å²) in [6.45, 7) is 2.47. The van der Waals surface area contributed by atoms with Crippen LogP contribution in [0.1, 0.15) is 18.5 Å². The second-order valence-corrected chi connectivity index (χ2v) is 7.53. The van der Waals surface area contributed by atoms with Crippen LogP contribution in [0.4, 0.5) is 0 Å². The Morgan fingerprint density at radius 2 is 2.12 bits per heavy atom. The predicted molar refractivity (Wildman–Crippen MR) is 90.0 cm³/mol. The van der Waals surface area contributed by atoms with Crippen LogP contribution >= 0.6 is 15.9 Å². The van der Waals surface area contributed by atoms with Crippen LogP contribution in [0.15, 0.2) is 40.9 Å². The van der Waals surface area contributed by atoms with Gasteiger partial charge in [0.1, 0.15) is 11.5 Å². The highest BCUT2D eigenvalue weighted by Crippen LogP contribution is 2.53. The molecule has 0 radical (unpaired) electrons. The van der Waals surface area contributed by atoms with Crippen LogP contribution in [-0.4, -0.2) is 42.1 Å². The molecule has 3 aliphatic rings. The van der Waals surface area contributed by atoms with E-state index < -0.39 is 17.4 Å². The van der Waals surface area contributed by atoms with Crippen molar-refractivity contribution in [3.8, 4) is 0 Å². The highest BCUT2D eigenvalue weighted by Gasteiger charge is 2.67. The van der Waals surface area contributed by atoms with Crippen LogP contribution in [0.3, 0.4) is 0 Å². The lowest BCUT2D eigenvalue weighted by Crippen LogP contribution is -2.39. The Morgan fingerprint density at radius 1 is 1.42 bits per heavy atom. The predicted octanol–water partition coefficient (Wildman–Crippen LogP) is 2.47. The molecule has 2 fully saturated rings. The van der Waals surface area contributed by atoms with Crippen LogP contribution in [0, 0.1) is 11.8 Å². The Bertz CT molecular complexity index is 731. The zero-order chi connectivity index (χ0) is 17.1. The van der Waals surface area contributed by atoms with Gasteiger partial charge in [-0.25, -0.2) is 0 Å². The Balaban J connectivity index is 1.65. The van der Waals surface area contributed by atoms with Crippen molar-refractivity contribution in [1.82, 2.24) is 4.90 Å². The fraction of sp³-hybridized carbons (Fsp3) is 0.444. The fourth-order valence-electron chi connectivity index (χ4n) is 4.18. The SMILES string of the molecule is COC(=O)[C@@H]1[C@H]2C=C[C@@]3(CN([C@H](C)c4ccc(Br)cc4)C(=O)[C@@H]13)O2. The summed E-state index contributed by atoms with van der Waals surface area (Å²) in [6.07, 6.45) is 3.49. The molecule has 24 heavy (non-hydrogen) atoms. The molecule has 2 bridgehead atoms. The van der Waals surface area contributed by atoms with Gasteiger partial charge in [0.2, 0.25) is 5.91 Å². The van der Waals surface area contributed by atoms with Gasteiger partial charge in [-0.15, -0.1) is 0 Å². The lowest BCUT2D eigenvalue weighted by Gasteiger charge is -2.27. The average Bonchev–Trinajstić information content (AvgIpc) is 3.22. The van der Waals surface area contributed by atoms with Gasteiger partial charge in [-0.05, 0) is 24.6 Å². The van der Waals surface area contributed by atoms with Crippen LogP contribution in [0.25, 0.3) is 0 Å². The molecule has 0 aliphatic carbocycles. The van der Waals surface area contributed by atoms with Gasteiger partial charge in [-0.3, -0.25) is 9.59 Å². The van der Waals surface area contributed by atoms with Gasteiger partial charge < -0.3 is 14.4 Å². The summed E-state index contributed by atoms with van der Waals surface area (Å²) in [4.78, 5) is 27.1. The quantitative estimate of drug-likeness (QED) is 0.586. The first-order chi connectivity index (χ1) is 11.5. The summed E-state index contributed by atoms with van der Waals surface area (Å²) < 4.78 is 11.9. The van der Waals surface area contributed by atoms with Crippen LogP contribution in [-0.2, 0) is 19.1 Å². The number of esters is 1. The molecule has 5 nitrogen and oxygen atoms in total. The summed E-state index contributed by atoms with van der Waals surface area (Å²) in [5.41, 5.74) is 0.362. The van der Waals surface area contributed by atoms with E-state index in [2.05, 4.69) is 15.9 Å². The fourth-order valence-corrected chi connectivity index (χ4v) is 4.45. The Labute approximate surface area is 148 Å². The minimum absolute atomic E-state index is 0.0346. The third kappa shape index (κ3) is 2.09. The monoisotopic (exact) mass is 391 g/mol. The molecule has 5 atom stereocenters. The number of halogens is 1. The molecule has 0 N–H and O–H groups in total. The number of nitrogens with zero attached hydrogens (tertiary/aromatic N) is 1. The number of methoxy groups -OCH3 is 1. The third-order valence-electron chi connectivity index (χ3n) is 5.42. The van der Waals surface area contributed by atoms with Gasteiger partial charge >= 0.3 is 5.97 Å². The van der Waals surface area contributed by atoms with E-state index in [0.29, 0.717) is 6.54 Å². The summed E-state index contributed by atoms with van der Waals surface area (Å²) in [6, 6.07) is 7.84. The van der Waals surface area contributed by atoms with E-state index in [9.17, 15) is 9.59 Å². The van der Waals surface area contributed by atoms with Gasteiger partial charge in [0, 0.05) is 4.47 Å². The Kier molecular flexibility index (Phi) is 3.58. The number of carbonyl (C=O) groups is 2. The first kappa shape index (κ1) is 15.8. The van der Waals surface area contributed by atoms with Crippen molar-refractivity contribution in [3.05, 3.63) is 46.5 Å². The van der Waals surface area contributed by atoms with E-state index in [1.54, 1.807) is 0 Å². The van der Waals surface area contributed by atoms with Gasteiger partial charge in [0.15, 0.2) is 0 Å².